The van der Waals surface area contributed by atoms with Gasteiger partial charge in [0.25, 0.3) is 0 Å². The maximum Gasteiger partial charge on any atom is 0.114 e. The van der Waals surface area contributed by atoms with Gasteiger partial charge in [-0.1, -0.05) is 20.8 Å². The van der Waals surface area contributed by atoms with Crippen LogP contribution in [-0.4, -0.2) is 16.1 Å². The first-order valence-electron chi connectivity index (χ1n) is 5.33. The van der Waals surface area contributed by atoms with Crippen LogP contribution < -0.4 is 5.73 Å². The van der Waals surface area contributed by atoms with E-state index < -0.39 is 0 Å². The Labute approximate surface area is 86.3 Å². The summed E-state index contributed by atoms with van der Waals surface area (Å²) in [6.07, 6.45) is 6.05. The zero-order valence-electron chi connectivity index (χ0n) is 9.45. The fourth-order valence-corrected chi connectivity index (χ4v) is 1.79. The van der Waals surface area contributed by atoms with Gasteiger partial charge < -0.3 is 10.3 Å². The molecular formula is C11H21N3. The van der Waals surface area contributed by atoms with Crippen molar-refractivity contribution in [2.24, 2.45) is 5.73 Å². The maximum absolute atomic E-state index is 5.61. The summed E-state index contributed by atoms with van der Waals surface area (Å²) < 4.78 is 2.23. The van der Waals surface area contributed by atoms with Crippen molar-refractivity contribution in [3.8, 4) is 0 Å². The molecule has 14 heavy (non-hydrogen) atoms. The Kier molecular flexibility index (Phi) is 3.69. The van der Waals surface area contributed by atoms with Gasteiger partial charge in [0.1, 0.15) is 5.82 Å². The van der Waals surface area contributed by atoms with Gasteiger partial charge in [0.05, 0.1) is 0 Å². The number of aromatic nitrogens is 2. The Morgan fingerprint density at radius 2 is 2.21 bits per heavy atom. The van der Waals surface area contributed by atoms with Gasteiger partial charge in [-0.2, -0.15) is 0 Å². The number of nitrogens with two attached hydrogens (primary N) is 1. The molecule has 0 unspecified atom stereocenters. The zero-order chi connectivity index (χ0) is 10.6. The lowest BCUT2D eigenvalue weighted by atomic mass is 9.88. The molecule has 0 atom stereocenters. The number of hydrogen-bond acceptors (Lipinski definition) is 2. The van der Waals surface area contributed by atoms with E-state index in [1.807, 2.05) is 6.20 Å². The van der Waals surface area contributed by atoms with Crippen LogP contribution in [0.2, 0.25) is 0 Å². The molecule has 0 amide bonds. The number of hydrogen-bond donors (Lipinski definition) is 1. The lowest BCUT2D eigenvalue weighted by molar-refractivity contribution is 0.429. The minimum absolute atomic E-state index is 0.0907. The molecule has 2 N–H and O–H groups in total. The largest absolute Gasteiger partial charge is 0.335 e. The third-order valence-corrected chi connectivity index (χ3v) is 2.55. The molecule has 80 valence electrons. The van der Waals surface area contributed by atoms with Crippen LogP contribution in [-0.2, 0) is 12.0 Å². The molecule has 0 bridgehead atoms. The van der Waals surface area contributed by atoms with E-state index in [2.05, 4.69) is 36.5 Å². The van der Waals surface area contributed by atoms with Crippen molar-refractivity contribution in [1.29, 1.82) is 0 Å². The Bertz CT molecular complexity index is 276. The van der Waals surface area contributed by atoms with E-state index in [1.54, 1.807) is 0 Å². The molecule has 1 rings (SSSR count). The smallest absolute Gasteiger partial charge is 0.114 e. The predicted octanol–water partition coefficient (Wildman–Crippen LogP) is 1.92. The molecule has 0 fully saturated rings. The van der Waals surface area contributed by atoms with Gasteiger partial charge in [0, 0.05) is 24.4 Å². The van der Waals surface area contributed by atoms with Crippen LogP contribution in [0.3, 0.4) is 0 Å². The summed E-state index contributed by atoms with van der Waals surface area (Å²) in [5.41, 5.74) is 5.70. The topological polar surface area (TPSA) is 43.8 Å². The van der Waals surface area contributed by atoms with Crippen molar-refractivity contribution in [2.45, 2.75) is 45.6 Å². The fourth-order valence-electron chi connectivity index (χ4n) is 1.79. The summed E-state index contributed by atoms with van der Waals surface area (Å²) in [5, 5.41) is 0. The van der Waals surface area contributed by atoms with E-state index in [0.717, 1.165) is 25.2 Å². The predicted molar refractivity (Wildman–Crippen MR) is 59.2 cm³/mol. The Morgan fingerprint density at radius 1 is 1.50 bits per heavy atom. The lowest BCUT2D eigenvalue weighted by Gasteiger charge is -2.24. The van der Waals surface area contributed by atoms with Gasteiger partial charge in [-0.25, -0.2) is 4.98 Å². The summed E-state index contributed by atoms with van der Waals surface area (Å²) >= 11 is 0. The van der Waals surface area contributed by atoms with Crippen LogP contribution in [0.25, 0.3) is 0 Å². The molecule has 3 heteroatoms. The molecule has 0 saturated heterocycles. The van der Waals surface area contributed by atoms with E-state index in [9.17, 15) is 0 Å². The second kappa shape index (κ2) is 4.60. The van der Waals surface area contributed by atoms with Crippen LogP contribution in [0.4, 0.5) is 0 Å². The second-order valence-electron chi connectivity index (χ2n) is 4.37. The van der Waals surface area contributed by atoms with Gasteiger partial charge in [0.15, 0.2) is 0 Å². The average molecular weight is 195 g/mol. The highest BCUT2D eigenvalue weighted by Crippen LogP contribution is 2.24. The maximum atomic E-state index is 5.61. The van der Waals surface area contributed by atoms with Crippen molar-refractivity contribution in [2.75, 3.05) is 6.54 Å². The van der Waals surface area contributed by atoms with E-state index in [0.29, 0.717) is 6.54 Å². The second-order valence-corrected chi connectivity index (χ2v) is 4.37. The minimum atomic E-state index is 0.0907. The van der Waals surface area contributed by atoms with E-state index in [4.69, 9.17) is 5.73 Å². The van der Waals surface area contributed by atoms with Gasteiger partial charge in [0.2, 0.25) is 0 Å². The molecule has 0 radical (unpaired) electrons. The van der Waals surface area contributed by atoms with Gasteiger partial charge in [-0.05, 0) is 19.4 Å². The molecular weight excluding hydrogens is 174 g/mol. The fraction of sp³-hybridized carbons (Fsp3) is 0.727. The molecule has 1 aromatic heterocycles. The van der Waals surface area contributed by atoms with E-state index in [-0.39, 0.29) is 5.41 Å². The normalized spacial score (nSPS) is 12.0. The summed E-state index contributed by atoms with van der Waals surface area (Å²) in [6, 6.07) is 0. The van der Waals surface area contributed by atoms with Crippen molar-refractivity contribution in [1.82, 2.24) is 9.55 Å². The molecule has 1 aromatic rings. The molecule has 0 aliphatic heterocycles. The van der Waals surface area contributed by atoms with Crippen LogP contribution in [0.5, 0.6) is 0 Å². The van der Waals surface area contributed by atoms with Crippen molar-refractivity contribution < 1.29 is 0 Å². The van der Waals surface area contributed by atoms with Crippen molar-refractivity contribution in [3.63, 3.8) is 0 Å². The van der Waals surface area contributed by atoms with Crippen LogP contribution in [0.1, 0.15) is 39.4 Å². The first kappa shape index (κ1) is 11.2. The lowest BCUT2D eigenvalue weighted by Crippen LogP contribution is -2.26. The van der Waals surface area contributed by atoms with Crippen LogP contribution in [0, 0.1) is 0 Å². The first-order valence-corrected chi connectivity index (χ1v) is 5.33. The monoisotopic (exact) mass is 195 g/mol. The Hall–Kier alpha value is -0.830. The van der Waals surface area contributed by atoms with Gasteiger partial charge in [-0.3, -0.25) is 0 Å². The SMILES string of the molecule is CCCn1ccnc1C(C)(C)CCN. The summed E-state index contributed by atoms with van der Waals surface area (Å²) in [4.78, 5) is 4.43. The first-order chi connectivity index (χ1) is 6.61. The standard InChI is InChI=1S/C11H21N3/c1-4-8-14-9-7-13-10(14)11(2,3)5-6-12/h7,9H,4-6,8,12H2,1-3H3. The molecule has 0 saturated carbocycles. The highest BCUT2D eigenvalue weighted by atomic mass is 15.1. The number of aryl methyl sites for hydroxylation is 1. The molecule has 0 aliphatic carbocycles. The highest BCUT2D eigenvalue weighted by molar-refractivity contribution is 5.06. The Balaban J connectivity index is 2.87. The molecule has 0 spiro atoms. The van der Waals surface area contributed by atoms with Crippen molar-refractivity contribution >= 4 is 0 Å². The quantitative estimate of drug-likeness (QED) is 0.780. The molecule has 3 nitrogen and oxygen atoms in total. The van der Waals surface area contributed by atoms with Gasteiger partial charge >= 0.3 is 0 Å². The third kappa shape index (κ3) is 2.35. The van der Waals surface area contributed by atoms with Gasteiger partial charge in [-0.15, -0.1) is 0 Å². The Morgan fingerprint density at radius 3 is 2.79 bits per heavy atom. The molecule has 0 aliphatic rings. The highest BCUT2D eigenvalue weighted by Gasteiger charge is 2.24. The number of rotatable bonds is 5. The van der Waals surface area contributed by atoms with E-state index in [1.165, 1.54) is 0 Å². The number of nitrogens with zero attached hydrogens (tertiary/aromatic N) is 2. The average Bonchev–Trinajstić information content (AvgIpc) is 2.53. The molecule has 0 aromatic carbocycles. The summed E-state index contributed by atoms with van der Waals surface area (Å²) in [7, 11) is 0. The van der Waals surface area contributed by atoms with Crippen LogP contribution in [0.15, 0.2) is 12.4 Å². The molecule has 1 heterocycles. The van der Waals surface area contributed by atoms with Crippen molar-refractivity contribution in [3.05, 3.63) is 18.2 Å². The summed E-state index contributed by atoms with van der Waals surface area (Å²) in [6.45, 7) is 8.34. The zero-order valence-corrected chi connectivity index (χ0v) is 9.45. The minimum Gasteiger partial charge on any atom is -0.335 e. The van der Waals surface area contributed by atoms with E-state index >= 15 is 0 Å². The third-order valence-electron chi connectivity index (χ3n) is 2.55. The number of imidazole rings is 1. The summed E-state index contributed by atoms with van der Waals surface area (Å²) in [5.74, 6) is 1.16. The van der Waals surface area contributed by atoms with Crippen LogP contribution >= 0.6 is 0 Å².